The number of carbonyl (C=O) groups is 4. The molecule has 4 atom stereocenters. The monoisotopic (exact) mass is 592 g/mol. The number of carboxylic acids is 1. The molecule has 4 unspecified atom stereocenters. The number of phenols is 1. The molecular weight excluding hydrogens is 552 g/mol. The number of aliphatic carboxylic acids is 1. The van der Waals surface area contributed by atoms with Crippen LogP contribution in [-0.2, 0) is 32.0 Å². The maximum atomic E-state index is 14.0. The zero-order valence-corrected chi connectivity index (χ0v) is 24.0. The first-order chi connectivity index (χ1) is 20.7. The van der Waals surface area contributed by atoms with Gasteiger partial charge in [0.15, 0.2) is 0 Å². The predicted octanol–water partition coefficient (Wildman–Crippen LogP) is 1.16. The lowest BCUT2D eigenvalue weighted by atomic mass is 10.0. The summed E-state index contributed by atoms with van der Waals surface area (Å²) in [5, 5.41) is 25.5. The fourth-order valence-electron chi connectivity index (χ4n) is 5.50. The molecule has 2 heterocycles. The van der Waals surface area contributed by atoms with Gasteiger partial charge in [-0.3, -0.25) is 14.4 Å². The van der Waals surface area contributed by atoms with E-state index in [1.165, 1.54) is 17.0 Å². The second-order valence-electron chi connectivity index (χ2n) is 11.0. The maximum absolute atomic E-state index is 14.0. The number of hydrogen-bond donors (Lipinski definition) is 7. The van der Waals surface area contributed by atoms with Crippen LogP contribution in [0.3, 0.4) is 0 Å². The summed E-state index contributed by atoms with van der Waals surface area (Å²) in [6.07, 6.45) is 4.49. The minimum atomic E-state index is -1.15. The Morgan fingerprint density at radius 1 is 1.00 bits per heavy atom. The van der Waals surface area contributed by atoms with Crippen molar-refractivity contribution in [2.75, 3.05) is 13.1 Å². The fraction of sp³-hybridized carbons (Fsp3) is 0.419. The van der Waals surface area contributed by atoms with Gasteiger partial charge in [0, 0.05) is 30.1 Å². The van der Waals surface area contributed by atoms with E-state index in [1.807, 2.05) is 24.3 Å². The summed E-state index contributed by atoms with van der Waals surface area (Å²) in [6, 6.07) is 10.0. The zero-order valence-electron chi connectivity index (χ0n) is 24.0. The van der Waals surface area contributed by atoms with Crippen LogP contribution in [0.5, 0.6) is 5.75 Å². The summed E-state index contributed by atoms with van der Waals surface area (Å²) >= 11 is 0. The van der Waals surface area contributed by atoms with Gasteiger partial charge in [0.1, 0.15) is 23.9 Å². The first-order valence-electron chi connectivity index (χ1n) is 14.6. The van der Waals surface area contributed by atoms with E-state index in [2.05, 4.69) is 15.6 Å². The van der Waals surface area contributed by atoms with Crippen LogP contribution in [0.4, 0.5) is 0 Å². The molecule has 0 spiro atoms. The minimum absolute atomic E-state index is 0.0978. The topological polar surface area (TPSA) is 204 Å². The van der Waals surface area contributed by atoms with Gasteiger partial charge in [-0.2, -0.15) is 0 Å². The lowest BCUT2D eigenvalue weighted by Crippen LogP contribution is -2.57. The largest absolute Gasteiger partial charge is 0.508 e. The predicted molar refractivity (Wildman–Crippen MR) is 161 cm³/mol. The fourth-order valence-corrected chi connectivity index (χ4v) is 5.50. The molecule has 0 bridgehead atoms. The number of nitrogens with zero attached hydrogens (tertiary/aromatic N) is 1. The number of H-pyrrole nitrogens is 1. The van der Waals surface area contributed by atoms with Crippen molar-refractivity contribution in [3.8, 4) is 5.75 Å². The van der Waals surface area contributed by atoms with Crippen molar-refractivity contribution < 1.29 is 29.4 Å². The first kappa shape index (κ1) is 31.5. The third kappa shape index (κ3) is 8.11. The number of aromatic nitrogens is 1. The standard InChI is InChI=1S/C31H40N6O6/c32-14-4-3-8-25(31(42)43)35-29(40)27-9-5-15-37(27)30(41)26(17-20-18-34-24-7-2-1-6-22(20)24)36-28(39)23(33)16-19-10-12-21(38)13-11-19/h1-2,6-7,10-13,18,23,25-27,34,38H,3-5,8-9,14-17,32-33H2,(H,35,40)(H,36,39)(H,42,43). The highest BCUT2D eigenvalue weighted by molar-refractivity contribution is 5.95. The van der Waals surface area contributed by atoms with Crippen LogP contribution >= 0.6 is 0 Å². The number of aromatic hydroxyl groups is 1. The van der Waals surface area contributed by atoms with Gasteiger partial charge in [0.25, 0.3) is 0 Å². The third-order valence-electron chi connectivity index (χ3n) is 7.84. The number of phenolic OH excluding ortho intramolecular Hbond substituents is 1. The quantitative estimate of drug-likeness (QED) is 0.135. The van der Waals surface area contributed by atoms with Crippen LogP contribution in [0, 0.1) is 0 Å². The number of benzene rings is 2. The van der Waals surface area contributed by atoms with Crippen LogP contribution in [0.15, 0.2) is 54.7 Å². The Hall–Kier alpha value is -4.42. The van der Waals surface area contributed by atoms with Gasteiger partial charge in [0.2, 0.25) is 17.7 Å². The molecule has 12 nitrogen and oxygen atoms in total. The molecule has 1 fully saturated rings. The number of amides is 3. The molecule has 0 radical (unpaired) electrons. The minimum Gasteiger partial charge on any atom is -0.508 e. The first-order valence-corrected chi connectivity index (χ1v) is 14.6. The Bertz CT molecular complexity index is 1420. The number of nitrogens with one attached hydrogen (secondary N) is 3. The van der Waals surface area contributed by atoms with Crippen molar-refractivity contribution in [2.45, 2.75) is 69.1 Å². The highest BCUT2D eigenvalue weighted by Crippen LogP contribution is 2.23. The Morgan fingerprint density at radius 3 is 2.47 bits per heavy atom. The van der Waals surface area contributed by atoms with E-state index in [1.54, 1.807) is 18.3 Å². The van der Waals surface area contributed by atoms with Gasteiger partial charge < -0.3 is 42.2 Å². The molecule has 230 valence electrons. The normalized spacial score (nSPS) is 16.9. The second-order valence-corrected chi connectivity index (χ2v) is 11.0. The Balaban J connectivity index is 1.52. The SMILES string of the molecule is NCCCCC(NC(=O)C1CCCN1C(=O)C(Cc1c[nH]c2ccccc12)NC(=O)C(N)Cc1ccc(O)cc1)C(=O)O. The van der Waals surface area contributed by atoms with E-state index in [4.69, 9.17) is 11.5 Å². The average Bonchev–Trinajstić information content (AvgIpc) is 3.65. The average molecular weight is 593 g/mol. The van der Waals surface area contributed by atoms with Crippen molar-refractivity contribution in [1.82, 2.24) is 20.5 Å². The molecule has 0 saturated carbocycles. The summed E-state index contributed by atoms with van der Waals surface area (Å²) in [4.78, 5) is 57.0. The molecule has 12 heteroatoms. The zero-order chi connectivity index (χ0) is 30.9. The van der Waals surface area contributed by atoms with Crippen LogP contribution in [0.25, 0.3) is 10.9 Å². The van der Waals surface area contributed by atoms with Crippen LogP contribution in [0.2, 0.25) is 0 Å². The van der Waals surface area contributed by atoms with E-state index < -0.39 is 47.9 Å². The van der Waals surface area contributed by atoms with E-state index in [0.29, 0.717) is 38.8 Å². The van der Waals surface area contributed by atoms with E-state index >= 15 is 0 Å². The molecule has 2 aromatic carbocycles. The summed E-state index contributed by atoms with van der Waals surface area (Å²) in [5.74, 6) is -2.55. The highest BCUT2D eigenvalue weighted by Gasteiger charge is 2.39. The number of carboxylic acid groups (broad SMARTS) is 1. The lowest BCUT2D eigenvalue weighted by Gasteiger charge is -2.30. The number of rotatable bonds is 14. The summed E-state index contributed by atoms with van der Waals surface area (Å²) < 4.78 is 0. The molecule has 1 aromatic heterocycles. The Kier molecular flexibility index (Phi) is 10.7. The number of unbranched alkanes of at least 4 members (excludes halogenated alkanes) is 1. The maximum Gasteiger partial charge on any atom is 0.326 e. The Labute approximate surface area is 249 Å². The van der Waals surface area contributed by atoms with Crippen molar-refractivity contribution in [2.24, 2.45) is 11.5 Å². The molecular formula is C31H40N6O6. The number of likely N-dealkylation sites (tertiary alicyclic amines) is 1. The second kappa shape index (κ2) is 14.7. The Morgan fingerprint density at radius 2 is 1.74 bits per heavy atom. The summed E-state index contributed by atoms with van der Waals surface area (Å²) in [6.45, 7) is 0.717. The molecule has 1 saturated heterocycles. The third-order valence-corrected chi connectivity index (χ3v) is 7.84. The number of hydrogen-bond acceptors (Lipinski definition) is 7. The smallest absolute Gasteiger partial charge is 0.326 e. The number of carbonyl (C=O) groups excluding carboxylic acids is 3. The highest BCUT2D eigenvalue weighted by atomic mass is 16.4. The molecule has 3 aromatic rings. The molecule has 0 aliphatic carbocycles. The molecule has 1 aliphatic rings. The van der Waals surface area contributed by atoms with Crippen molar-refractivity contribution in [3.63, 3.8) is 0 Å². The van der Waals surface area contributed by atoms with Crippen LogP contribution in [0.1, 0.15) is 43.2 Å². The molecule has 3 amide bonds. The van der Waals surface area contributed by atoms with Crippen LogP contribution < -0.4 is 22.1 Å². The van der Waals surface area contributed by atoms with Crippen LogP contribution in [-0.4, -0.2) is 81.0 Å². The number of fused-ring (bicyclic) bond motifs is 1. The van der Waals surface area contributed by atoms with Gasteiger partial charge in [0.05, 0.1) is 6.04 Å². The summed E-state index contributed by atoms with van der Waals surface area (Å²) in [7, 11) is 0. The van der Waals surface area contributed by atoms with Gasteiger partial charge in [-0.25, -0.2) is 4.79 Å². The molecule has 4 rings (SSSR count). The van der Waals surface area contributed by atoms with Crippen molar-refractivity contribution >= 4 is 34.6 Å². The number of nitrogens with two attached hydrogens (primary N) is 2. The van der Waals surface area contributed by atoms with Gasteiger partial charge in [-0.15, -0.1) is 0 Å². The van der Waals surface area contributed by atoms with E-state index in [9.17, 15) is 29.4 Å². The molecule has 1 aliphatic heterocycles. The van der Waals surface area contributed by atoms with Gasteiger partial charge >= 0.3 is 5.97 Å². The van der Waals surface area contributed by atoms with Crippen molar-refractivity contribution in [1.29, 1.82) is 0 Å². The number of para-hydroxylation sites is 1. The number of aromatic amines is 1. The van der Waals surface area contributed by atoms with Crippen molar-refractivity contribution in [3.05, 3.63) is 65.9 Å². The van der Waals surface area contributed by atoms with Gasteiger partial charge in [-0.05, 0) is 74.4 Å². The van der Waals surface area contributed by atoms with Gasteiger partial charge in [-0.1, -0.05) is 30.3 Å². The molecule has 43 heavy (non-hydrogen) atoms. The molecule has 9 N–H and O–H groups in total. The summed E-state index contributed by atoms with van der Waals surface area (Å²) in [5.41, 5.74) is 14.2. The van der Waals surface area contributed by atoms with E-state index in [0.717, 1.165) is 22.0 Å². The van der Waals surface area contributed by atoms with E-state index in [-0.39, 0.29) is 25.0 Å². The lowest BCUT2D eigenvalue weighted by molar-refractivity contribution is -0.145.